The number of nitrogens with zero attached hydrogens (tertiary/aromatic N) is 1. The average Bonchev–Trinajstić information content (AvgIpc) is 2.60. The Kier molecular flexibility index (Phi) is 3.14. The molecule has 0 aliphatic carbocycles. The van der Waals surface area contributed by atoms with Crippen molar-refractivity contribution in [2.75, 3.05) is 5.73 Å². The number of benzene rings is 1. The molecule has 1 aromatic heterocycles. The van der Waals surface area contributed by atoms with Crippen molar-refractivity contribution in [3.63, 3.8) is 0 Å². The second-order valence-electron chi connectivity index (χ2n) is 3.44. The predicted octanol–water partition coefficient (Wildman–Crippen LogP) is 3.00. The molecule has 3 nitrogen and oxygen atoms in total. The Bertz CT molecular complexity index is 478. The van der Waals surface area contributed by atoms with Gasteiger partial charge in [0.2, 0.25) is 0 Å². The number of nitrogens with two attached hydrogens (primary N) is 1. The zero-order chi connectivity index (χ0) is 11.5. The Morgan fingerprint density at radius 3 is 2.88 bits per heavy atom. The first-order valence-electron chi connectivity index (χ1n) is 4.73. The minimum absolute atomic E-state index is 0.320. The third kappa shape index (κ3) is 2.76. The van der Waals surface area contributed by atoms with E-state index in [2.05, 4.69) is 4.98 Å². The Balaban J connectivity index is 2.04. The first-order chi connectivity index (χ1) is 7.63. The van der Waals surface area contributed by atoms with E-state index in [0.717, 1.165) is 11.3 Å². The van der Waals surface area contributed by atoms with Crippen LogP contribution < -0.4 is 5.73 Å². The Morgan fingerprint density at radius 2 is 2.25 bits per heavy atom. The highest BCUT2D eigenvalue weighted by Gasteiger charge is 2.04. The third-order valence-electron chi connectivity index (χ3n) is 1.94. The summed E-state index contributed by atoms with van der Waals surface area (Å²) in [5.74, 6) is 0.265. The molecule has 1 aromatic carbocycles. The molecule has 0 aliphatic rings. The van der Waals surface area contributed by atoms with Crippen molar-refractivity contribution in [3.05, 3.63) is 41.5 Å². The van der Waals surface area contributed by atoms with E-state index >= 15 is 0 Å². The molecule has 0 bridgehead atoms. The number of hydrogen-bond acceptors (Lipinski definition) is 4. The van der Waals surface area contributed by atoms with Gasteiger partial charge in [0.25, 0.3) is 5.22 Å². The highest BCUT2D eigenvalue weighted by molar-refractivity contribution is 7.98. The maximum atomic E-state index is 13.0. The minimum Gasteiger partial charge on any atom is -0.440 e. The second-order valence-corrected chi connectivity index (χ2v) is 4.36. The lowest BCUT2D eigenvalue weighted by Gasteiger charge is -2.01. The van der Waals surface area contributed by atoms with Gasteiger partial charge in [0.15, 0.2) is 0 Å². The highest BCUT2D eigenvalue weighted by Crippen LogP contribution is 2.23. The van der Waals surface area contributed by atoms with Crippen LogP contribution in [0.3, 0.4) is 0 Å². The zero-order valence-corrected chi connectivity index (χ0v) is 9.55. The van der Waals surface area contributed by atoms with Crippen LogP contribution in [0.4, 0.5) is 10.1 Å². The van der Waals surface area contributed by atoms with Crippen molar-refractivity contribution in [2.45, 2.75) is 17.9 Å². The molecule has 1 heterocycles. The number of nitrogen functional groups attached to an aromatic ring is 1. The summed E-state index contributed by atoms with van der Waals surface area (Å²) in [6, 6.07) is 4.49. The van der Waals surface area contributed by atoms with Crippen LogP contribution >= 0.6 is 11.8 Å². The van der Waals surface area contributed by atoms with Crippen LogP contribution in [0.2, 0.25) is 0 Å². The van der Waals surface area contributed by atoms with Gasteiger partial charge in [-0.05, 0) is 30.7 Å². The summed E-state index contributed by atoms with van der Waals surface area (Å²) < 4.78 is 18.2. The fourth-order valence-corrected chi connectivity index (χ4v) is 2.08. The molecular weight excluding hydrogens is 227 g/mol. The van der Waals surface area contributed by atoms with Crippen LogP contribution in [-0.2, 0) is 5.75 Å². The SMILES string of the molecule is Cc1coc(SCc2cc(N)cc(F)c2)n1. The van der Waals surface area contributed by atoms with Crippen LogP contribution in [0.15, 0.2) is 34.1 Å². The standard InChI is InChI=1S/C11H11FN2OS/c1-7-5-15-11(14-7)16-6-8-2-9(12)4-10(13)3-8/h2-5H,6,13H2,1H3. The Hall–Kier alpha value is -1.49. The molecule has 5 heteroatoms. The molecule has 16 heavy (non-hydrogen) atoms. The quantitative estimate of drug-likeness (QED) is 0.659. The van der Waals surface area contributed by atoms with Gasteiger partial charge in [0, 0.05) is 11.4 Å². The van der Waals surface area contributed by atoms with Crippen LogP contribution in [0.1, 0.15) is 11.3 Å². The number of oxazole rings is 1. The normalized spacial score (nSPS) is 10.6. The van der Waals surface area contributed by atoms with Crippen LogP contribution in [0.25, 0.3) is 0 Å². The van der Waals surface area contributed by atoms with Gasteiger partial charge in [0.05, 0.1) is 5.69 Å². The molecule has 0 saturated heterocycles. The molecule has 2 rings (SSSR count). The fourth-order valence-electron chi connectivity index (χ4n) is 1.30. The smallest absolute Gasteiger partial charge is 0.256 e. The first kappa shape index (κ1) is 11.0. The number of aromatic nitrogens is 1. The van der Waals surface area contributed by atoms with Crippen molar-refractivity contribution < 1.29 is 8.81 Å². The monoisotopic (exact) mass is 238 g/mol. The second kappa shape index (κ2) is 4.57. The molecule has 2 aromatic rings. The summed E-state index contributed by atoms with van der Waals surface area (Å²) in [5.41, 5.74) is 7.63. The summed E-state index contributed by atoms with van der Waals surface area (Å²) >= 11 is 1.41. The molecular formula is C11H11FN2OS. The lowest BCUT2D eigenvalue weighted by atomic mass is 10.2. The van der Waals surface area contributed by atoms with Gasteiger partial charge < -0.3 is 10.2 Å². The Morgan fingerprint density at radius 1 is 1.44 bits per heavy atom. The average molecular weight is 238 g/mol. The molecule has 0 fully saturated rings. The van der Waals surface area contributed by atoms with Crippen LogP contribution in [0.5, 0.6) is 0 Å². The van der Waals surface area contributed by atoms with Gasteiger partial charge in [0.1, 0.15) is 12.1 Å². The highest BCUT2D eigenvalue weighted by atomic mass is 32.2. The number of thioether (sulfide) groups is 1. The third-order valence-corrected chi connectivity index (χ3v) is 2.85. The molecule has 2 N–H and O–H groups in total. The Labute approximate surface area is 96.9 Å². The number of anilines is 1. The summed E-state index contributed by atoms with van der Waals surface area (Å²) in [4.78, 5) is 4.14. The first-order valence-corrected chi connectivity index (χ1v) is 5.72. The van der Waals surface area contributed by atoms with Crippen molar-refractivity contribution in [1.29, 1.82) is 0 Å². The largest absolute Gasteiger partial charge is 0.440 e. The van der Waals surface area contributed by atoms with Crippen LogP contribution in [-0.4, -0.2) is 4.98 Å². The van der Waals surface area contributed by atoms with E-state index in [-0.39, 0.29) is 5.82 Å². The van der Waals surface area contributed by atoms with Gasteiger partial charge in [-0.25, -0.2) is 9.37 Å². The van der Waals surface area contributed by atoms with E-state index in [4.69, 9.17) is 10.2 Å². The molecule has 0 atom stereocenters. The number of aryl methyl sites for hydroxylation is 1. The maximum Gasteiger partial charge on any atom is 0.256 e. The van der Waals surface area contributed by atoms with Crippen molar-refractivity contribution in [2.24, 2.45) is 0 Å². The number of rotatable bonds is 3. The van der Waals surface area contributed by atoms with Gasteiger partial charge in [-0.2, -0.15) is 0 Å². The van der Waals surface area contributed by atoms with Gasteiger partial charge in [-0.3, -0.25) is 0 Å². The van der Waals surface area contributed by atoms with Gasteiger partial charge >= 0.3 is 0 Å². The lowest BCUT2D eigenvalue weighted by molar-refractivity contribution is 0.454. The molecule has 84 valence electrons. The van der Waals surface area contributed by atoms with E-state index in [1.54, 1.807) is 12.3 Å². The van der Waals surface area contributed by atoms with Crippen molar-refractivity contribution in [1.82, 2.24) is 4.98 Å². The van der Waals surface area contributed by atoms with Crippen molar-refractivity contribution >= 4 is 17.4 Å². The predicted molar refractivity (Wildman–Crippen MR) is 61.6 cm³/mol. The number of hydrogen-bond donors (Lipinski definition) is 1. The van der Waals surface area contributed by atoms with Gasteiger partial charge in [-0.1, -0.05) is 11.8 Å². The van der Waals surface area contributed by atoms with Crippen LogP contribution in [0, 0.1) is 12.7 Å². The molecule has 0 saturated carbocycles. The topological polar surface area (TPSA) is 52.0 Å². The maximum absolute atomic E-state index is 13.0. The van der Waals surface area contributed by atoms with E-state index < -0.39 is 0 Å². The van der Waals surface area contributed by atoms with E-state index in [0.29, 0.717) is 16.7 Å². The summed E-state index contributed by atoms with van der Waals surface area (Å²) in [6.07, 6.45) is 1.59. The summed E-state index contributed by atoms with van der Waals surface area (Å²) in [7, 11) is 0. The molecule has 0 amide bonds. The molecule has 0 spiro atoms. The minimum atomic E-state index is -0.320. The van der Waals surface area contributed by atoms with Crippen molar-refractivity contribution in [3.8, 4) is 0 Å². The molecule has 0 unspecified atom stereocenters. The number of halogens is 1. The summed E-state index contributed by atoms with van der Waals surface area (Å²) in [6.45, 7) is 1.85. The van der Waals surface area contributed by atoms with Gasteiger partial charge in [-0.15, -0.1) is 0 Å². The summed E-state index contributed by atoms with van der Waals surface area (Å²) in [5, 5.41) is 0.584. The van der Waals surface area contributed by atoms with E-state index in [1.807, 2.05) is 6.92 Å². The fraction of sp³-hybridized carbons (Fsp3) is 0.182. The van der Waals surface area contributed by atoms with E-state index in [1.165, 1.54) is 23.9 Å². The zero-order valence-electron chi connectivity index (χ0n) is 8.74. The lowest BCUT2D eigenvalue weighted by Crippen LogP contribution is -1.90. The van der Waals surface area contributed by atoms with E-state index in [9.17, 15) is 4.39 Å². The molecule has 0 radical (unpaired) electrons. The molecule has 0 aliphatic heterocycles.